The Morgan fingerprint density at radius 1 is 0.283 bits per heavy atom. The number of nitrogens with zero attached hydrogens (tertiary/aromatic N) is 2. The number of allylic oxidation sites excluding steroid dienone is 8. The third-order valence-corrected chi connectivity index (χ3v) is 17.5. The van der Waals surface area contributed by atoms with E-state index in [1.54, 1.807) is 0 Å². The predicted molar refractivity (Wildman–Crippen MR) is 416 cm³/mol. The lowest BCUT2D eigenvalue weighted by atomic mass is 10.1. The second kappa shape index (κ2) is 75.8. The van der Waals surface area contributed by atoms with Crippen molar-refractivity contribution in [2.75, 3.05) is 68.6 Å². The average molecular weight is 1420 g/mol. The van der Waals surface area contributed by atoms with Gasteiger partial charge in [-0.2, -0.15) is 0 Å². The van der Waals surface area contributed by atoms with Crippen LogP contribution in [0.5, 0.6) is 0 Å². The van der Waals surface area contributed by atoms with Gasteiger partial charge < -0.3 is 37.0 Å². The van der Waals surface area contributed by atoms with Crippen LogP contribution in [0.2, 0.25) is 0 Å². The van der Waals surface area contributed by atoms with Crippen molar-refractivity contribution in [2.45, 2.75) is 399 Å². The first-order valence-corrected chi connectivity index (χ1v) is 42.5. The van der Waals surface area contributed by atoms with Gasteiger partial charge in [0.05, 0.1) is 42.3 Å². The minimum absolute atomic E-state index is 0.150. The number of unbranched alkanes of at least 4 members (excludes halogenated alkanes) is 44. The van der Waals surface area contributed by atoms with E-state index in [0.29, 0.717) is 47.7 Å². The molecule has 0 rings (SSSR count). The van der Waals surface area contributed by atoms with Gasteiger partial charge in [0.25, 0.3) is 0 Å². The second-order valence-electron chi connectivity index (χ2n) is 30.3. The van der Waals surface area contributed by atoms with Gasteiger partial charge in [0.15, 0.2) is 12.2 Å². The van der Waals surface area contributed by atoms with E-state index in [2.05, 4.69) is 119 Å². The molecule has 0 aromatic carbocycles. The molecule has 0 heterocycles. The smallest absolute Gasteiger partial charge is 0.306 e. The van der Waals surface area contributed by atoms with Gasteiger partial charge in [0.1, 0.15) is 26.3 Å². The van der Waals surface area contributed by atoms with E-state index in [4.69, 9.17) is 36.5 Å². The van der Waals surface area contributed by atoms with Crippen LogP contribution in [0.1, 0.15) is 387 Å². The molecule has 15 heteroatoms. The van der Waals surface area contributed by atoms with Gasteiger partial charge >= 0.3 is 23.9 Å². The quantitative estimate of drug-likeness (QED) is 0.0107. The minimum Gasteiger partial charge on any atom is -0.759 e. The maximum atomic E-state index is 12.6. The van der Waals surface area contributed by atoms with Gasteiger partial charge in [-0.1, -0.05) is 282 Å². The van der Waals surface area contributed by atoms with Crippen LogP contribution in [0, 0.1) is 0 Å². The standard InChI is InChI=1S/2C42H80NO4.H2O4S/c2*1-6-8-10-12-14-16-18-20-22-24-26-28-30-32-34-36-41(44)46-39-40(38-43(3,4)5)47-42(45)37-35-33-31-29-27-25-23-21-19-17-15-13-11-9-7-2;1-5(2,3)4/h2*20-23,40H,6-19,24-39H2,1-5H3;(H2,1,2,3,4)/q2*+1;/p-2/b2*22-20-,23-21-;. The molecule has 0 saturated heterocycles. The van der Waals surface area contributed by atoms with Crippen LogP contribution in [0.4, 0.5) is 0 Å². The molecule has 0 fully saturated rings. The Balaban J connectivity index is -0.00000174. The summed E-state index contributed by atoms with van der Waals surface area (Å²) >= 11 is 0. The third kappa shape index (κ3) is 94.6. The van der Waals surface area contributed by atoms with Crippen LogP contribution >= 0.6 is 0 Å². The van der Waals surface area contributed by atoms with Crippen molar-refractivity contribution in [1.29, 1.82) is 0 Å². The number of carbonyl (C=O) groups is 4. The maximum absolute atomic E-state index is 12.6. The molecule has 584 valence electrons. The number of rotatable bonds is 70. The van der Waals surface area contributed by atoms with Crippen molar-refractivity contribution in [3.05, 3.63) is 48.6 Å². The molecule has 0 aromatic rings. The highest BCUT2D eigenvalue weighted by Gasteiger charge is 2.25. The molecule has 14 nitrogen and oxygen atoms in total. The van der Waals surface area contributed by atoms with E-state index >= 15 is 0 Å². The number of ether oxygens (including phenoxy) is 4. The van der Waals surface area contributed by atoms with Gasteiger partial charge in [-0.3, -0.25) is 27.6 Å². The number of quaternary nitrogens is 2. The van der Waals surface area contributed by atoms with Crippen LogP contribution in [0.25, 0.3) is 0 Å². The lowest BCUT2D eigenvalue weighted by Gasteiger charge is -2.28. The van der Waals surface area contributed by atoms with Crippen molar-refractivity contribution in [2.24, 2.45) is 0 Å². The van der Waals surface area contributed by atoms with Gasteiger partial charge in [-0.15, -0.1) is 0 Å². The van der Waals surface area contributed by atoms with Gasteiger partial charge in [-0.05, 0) is 128 Å². The minimum atomic E-state index is -5.17. The Labute approximate surface area is 612 Å². The molecule has 0 aromatic heterocycles. The summed E-state index contributed by atoms with van der Waals surface area (Å²) in [5.74, 6) is -0.701. The lowest BCUT2D eigenvalue weighted by molar-refractivity contribution is -0.873. The number of hydrogen-bond donors (Lipinski definition) is 0. The van der Waals surface area contributed by atoms with Crippen LogP contribution in [0.3, 0.4) is 0 Å². The molecule has 2 unspecified atom stereocenters. The van der Waals surface area contributed by atoms with E-state index < -0.39 is 22.6 Å². The van der Waals surface area contributed by atoms with Crippen molar-refractivity contribution < 1.29 is 64.6 Å². The third-order valence-electron chi connectivity index (χ3n) is 17.5. The highest BCUT2D eigenvalue weighted by molar-refractivity contribution is 7.79. The summed E-state index contributed by atoms with van der Waals surface area (Å²) in [6, 6.07) is 0. The Kier molecular flexibility index (Phi) is 76.4. The summed E-state index contributed by atoms with van der Waals surface area (Å²) in [6.07, 6.45) is 84.1. The highest BCUT2D eigenvalue weighted by Crippen LogP contribution is 2.17. The zero-order valence-electron chi connectivity index (χ0n) is 66.4. The van der Waals surface area contributed by atoms with Crippen molar-refractivity contribution in [3.63, 3.8) is 0 Å². The largest absolute Gasteiger partial charge is 0.759 e. The second-order valence-corrected chi connectivity index (χ2v) is 31.1. The molecule has 0 spiro atoms. The Bertz CT molecular complexity index is 1880. The zero-order valence-corrected chi connectivity index (χ0v) is 67.2. The highest BCUT2D eigenvalue weighted by atomic mass is 32.3. The monoisotopic (exact) mass is 1420 g/mol. The number of carbonyl (C=O) groups excluding carboxylic acids is 4. The first kappa shape index (κ1) is 99.8. The summed E-state index contributed by atoms with van der Waals surface area (Å²) in [5.41, 5.74) is 0. The fraction of sp³-hybridized carbons (Fsp3) is 0.857. The van der Waals surface area contributed by atoms with Gasteiger partial charge in [0.2, 0.25) is 0 Å². The van der Waals surface area contributed by atoms with Crippen molar-refractivity contribution >= 4 is 34.3 Å². The Hall–Kier alpha value is -3.37. The number of hydrogen-bond acceptors (Lipinski definition) is 12. The molecule has 0 bridgehead atoms. The Morgan fingerprint density at radius 3 is 0.626 bits per heavy atom. The SMILES string of the molecule is CCCCCCCC/C=C\CCCCCCCC(=O)OCC(C[N+](C)(C)C)OC(=O)CCCCCCC/C=C\CCCCCCCC.CCCCCCCC/C=C\CCCCCCCC(=O)OCC(C[N+](C)(C)C)OC(=O)CCCCCCC/C=C\CCCCCCCC.O=S(=O)([O-])[O-]. The van der Waals surface area contributed by atoms with E-state index in [9.17, 15) is 19.2 Å². The summed E-state index contributed by atoms with van der Waals surface area (Å²) in [6.45, 7) is 10.6. The normalized spacial score (nSPS) is 12.6. The molecule has 0 radical (unpaired) electrons. The fourth-order valence-corrected chi connectivity index (χ4v) is 11.8. The van der Waals surface area contributed by atoms with Crippen LogP contribution in [-0.4, -0.2) is 131 Å². The van der Waals surface area contributed by atoms with E-state index in [0.717, 1.165) is 77.0 Å². The van der Waals surface area contributed by atoms with Crippen LogP contribution in [0.15, 0.2) is 48.6 Å². The molecule has 0 amide bonds. The van der Waals surface area contributed by atoms with Gasteiger partial charge in [-0.25, -0.2) is 0 Å². The molecule has 0 N–H and O–H groups in total. The average Bonchev–Trinajstić information content (AvgIpc) is 1.06. The van der Waals surface area contributed by atoms with Crippen molar-refractivity contribution in [3.8, 4) is 0 Å². The van der Waals surface area contributed by atoms with Crippen molar-refractivity contribution in [1.82, 2.24) is 0 Å². The molecule has 0 aliphatic heterocycles. The fourth-order valence-electron chi connectivity index (χ4n) is 11.8. The maximum Gasteiger partial charge on any atom is 0.306 e. The van der Waals surface area contributed by atoms with Crippen LogP contribution < -0.4 is 0 Å². The molecule has 2 atom stereocenters. The van der Waals surface area contributed by atoms with Crippen LogP contribution in [-0.2, 0) is 48.5 Å². The summed E-state index contributed by atoms with van der Waals surface area (Å²) in [5, 5.41) is 0. The van der Waals surface area contributed by atoms with E-state index in [1.807, 2.05) is 0 Å². The summed E-state index contributed by atoms with van der Waals surface area (Å²) in [4.78, 5) is 49.9. The predicted octanol–water partition coefficient (Wildman–Crippen LogP) is 23.1. The molecule has 0 saturated carbocycles. The molecule has 0 aliphatic carbocycles. The summed E-state index contributed by atoms with van der Waals surface area (Å²) < 4.78 is 58.1. The number of likely N-dealkylation sites (N-methyl/N-ethyl adjacent to an activating group) is 2. The first-order chi connectivity index (χ1) is 47.6. The summed E-state index contributed by atoms with van der Waals surface area (Å²) in [7, 11) is 7.24. The molecular weight excluding hydrogens is 1260 g/mol. The topological polar surface area (TPSA) is 185 Å². The lowest BCUT2D eigenvalue weighted by Crippen LogP contribution is -2.45. The van der Waals surface area contributed by atoms with Gasteiger partial charge in [0, 0.05) is 36.1 Å². The molecule has 0 aliphatic rings. The van der Waals surface area contributed by atoms with E-state index in [-0.39, 0.29) is 37.1 Å². The zero-order chi connectivity index (χ0) is 73.9. The number of esters is 4. The first-order valence-electron chi connectivity index (χ1n) is 41.1. The molecular formula is C84H160N2O12S. The molecule has 99 heavy (non-hydrogen) atoms. The van der Waals surface area contributed by atoms with E-state index in [1.165, 1.54) is 257 Å². The Morgan fingerprint density at radius 2 is 0.444 bits per heavy atom.